The summed E-state index contributed by atoms with van der Waals surface area (Å²) in [5.41, 5.74) is 2.52. The molecule has 1 unspecified atom stereocenters. The van der Waals surface area contributed by atoms with Crippen LogP contribution in [0.5, 0.6) is 5.75 Å². The third-order valence-electron chi connectivity index (χ3n) is 11.5. The summed E-state index contributed by atoms with van der Waals surface area (Å²) in [5.74, 6) is -2.16. The van der Waals surface area contributed by atoms with Crippen LogP contribution in [0.1, 0.15) is 65.7 Å². The molecule has 72 heavy (non-hydrogen) atoms. The minimum absolute atomic E-state index is 0.0263. The minimum Gasteiger partial charge on any atom is -0.405 e. The number of halogens is 3. The standard InChI is InChI=1S/C47H46F3N13O8S/c1-61(39-21-23-53-45(57-39)54-29-9-7-10-32(25-29)72(51,69)70)31-16-13-28(14-17-31)55-46(68)56-30-15-19-38(71-47(48,49)50)34(26-30)36-27-62(60-59-36)24-6-4-2-3-5-22-52-35-12-8-11-33-41(35)44(67)63(43(33)66)37-18-20-40(64)58-42(37)65/h7-17,19,21,23,25-27,37,52H,2-6,18,20,22,24H2,1H3,(H2,51,69,70)(H,53,54,57)(H2,55,56,68)(H,58,64,65). The molecule has 1 atom stereocenters. The minimum atomic E-state index is -5.01. The highest BCUT2D eigenvalue weighted by atomic mass is 32.2. The van der Waals surface area contributed by atoms with Crippen LogP contribution in [0, 0.1) is 0 Å². The third-order valence-corrected chi connectivity index (χ3v) is 12.5. The summed E-state index contributed by atoms with van der Waals surface area (Å²) in [7, 11) is -2.16. The molecular formula is C47H46F3N13O8S. The summed E-state index contributed by atoms with van der Waals surface area (Å²) in [4.78, 5) is 74.9. The van der Waals surface area contributed by atoms with Gasteiger partial charge in [-0.1, -0.05) is 36.6 Å². The van der Waals surface area contributed by atoms with Crippen LogP contribution in [0.4, 0.5) is 58.2 Å². The Morgan fingerprint density at radius 3 is 2.38 bits per heavy atom. The summed E-state index contributed by atoms with van der Waals surface area (Å²) >= 11 is 0. The van der Waals surface area contributed by atoms with E-state index in [0.717, 1.165) is 36.6 Å². The molecule has 4 heterocycles. The number of primary sulfonamides is 1. The van der Waals surface area contributed by atoms with Gasteiger partial charge in [-0.3, -0.25) is 34.1 Å². The highest BCUT2D eigenvalue weighted by molar-refractivity contribution is 7.89. The van der Waals surface area contributed by atoms with Crippen LogP contribution in [0.2, 0.25) is 0 Å². The van der Waals surface area contributed by atoms with E-state index in [1.165, 1.54) is 53.5 Å². The number of carbonyl (C=O) groups is 5. The van der Waals surface area contributed by atoms with Gasteiger partial charge in [-0.05, 0) is 98.1 Å². The van der Waals surface area contributed by atoms with Crippen LogP contribution < -0.4 is 41.4 Å². The molecule has 0 bridgehead atoms. The number of benzene rings is 4. The summed E-state index contributed by atoms with van der Waals surface area (Å²) < 4.78 is 69.8. The van der Waals surface area contributed by atoms with Crippen molar-refractivity contribution in [1.82, 2.24) is 35.2 Å². The molecular weight excluding hydrogens is 964 g/mol. The number of unbranched alkanes of at least 4 members (excludes halogenated alkanes) is 4. The number of rotatable bonds is 19. The number of aryl methyl sites for hydroxylation is 1. The van der Waals surface area contributed by atoms with Gasteiger partial charge >= 0.3 is 12.4 Å². The number of nitrogens with one attached hydrogen (secondary N) is 5. The van der Waals surface area contributed by atoms with E-state index in [4.69, 9.17) is 5.14 Å². The van der Waals surface area contributed by atoms with Crippen molar-refractivity contribution >= 4 is 79.9 Å². The molecule has 4 aromatic carbocycles. The lowest BCUT2D eigenvalue weighted by atomic mass is 10.0. The van der Waals surface area contributed by atoms with Crippen molar-refractivity contribution in [1.29, 1.82) is 0 Å². The van der Waals surface area contributed by atoms with Gasteiger partial charge in [-0.25, -0.2) is 23.3 Å². The average Bonchev–Trinajstić information content (AvgIpc) is 3.91. The Balaban J connectivity index is 0.808. The SMILES string of the molecule is CN(c1ccc(NC(=O)Nc2ccc(OC(F)(F)F)c(-c3cn(CCCCCCCNc4cccc5c4C(=O)N(C4CCC(=O)NC4=O)C5=O)nn3)c2)cc1)c1ccnc(Nc2cccc(S(N)(=O)=O)c2)n1. The molecule has 7 N–H and O–H groups in total. The molecule has 2 aliphatic rings. The molecule has 21 nitrogen and oxygen atoms in total. The van der Waals surface area contributed by atoms with E-state index in [2.05, 4.69) is 51.6 Å². The molecule has 374 valence electrons. The van der Waals surface area contributed by atoms with E-state index in [1.807, 2.05) is 0 Å². The third kappa shape index (κ3) is 12.1. The Hall–Kier alpha value is -8.45. The number of aromatic nitrogens is 5. The number of nitrogens with two attached hydrogens (primary N) is 1. The van der Waals surface area contributed by atoms with Crippen molar-refractivity contribution in [2.75, 3.05) is 39.8 Å². The van der Waals surface area contributed by atoms with Gasteiger partial charge < -0.3 is 30.9 Å². The fourth-order valence-electron chi connectivity index (χ4n) is 8.04. The maximum absolute atomic E-state index is 13.5. The number of hydrogen-bond donors (Lipinski definition) is 6. The second kappa shape index (κ2) is 21.3. The highest BCUT2D eigenvalue weighted by Gasteiger charge is 2.45. The van der Waals surface area contributed by atoms with Crippen LogP contribution in [0.25, 0.3) is 11.3 Å². The van der Waals surface area contributed by atoms with Gasteiger partial charge in [0.15, 0.2) is 0 Å². The van der Waals surface area contributed by atoms with Gasteiger partial charge in [0.2, 0.25) is 27.8 Å². The number of piperidine rings is 1. The predicted molar refractivity (Wildman–Crippen MR) is 257 cm³/mol. The van der Waals surface area contributed by atoms with E-state index >= 15 is 0 Å². The molecule has 0 spiro atoms. The molecule has 1 fully saturated rings. The van der Waals surface area contributed by atoms with E-state index in [1.54, 1.807) is 60.5 Å². The maximum Gasteiger partial charge on any atom is 0.573 e. The molecule has 0 radical (unpaired) electrons. The first kappa shape index (κ1) is 50.0. The van der Waals surface area contributed by atoms with Gasteiger partial charge in [0.25, 0.3) is 11.8 Å². The number of nitrogens with zero attached hydrogens (tertiary/aromatic N) is 7. The predicted octanol–water partition coefficient (Wildman–Crippen LogP) is 6.90. The zero-order valence-corrected chi connectivity index (χ0v) is 39.1. The number of sulfonamides is 1. The number of carbonyl (C=O) groups excluding carboxylic acids is 5. The van der Waals surface area contributed by atoms with E-state index < -0.39 is 57.8 Å². The first-order valence-electron chi connectivity index (χ1n) is 22.4. The van der Waals surface area contributed by atoms with Gasteiger partial charge in [-0.2, -0.15) is 4.98 Å². The Morgan fingerprint density at radius 1 is 0.875 bits per heavy atom. The maximum atomic E-state index is 13.5. The number of hydrogen-bond acceptors (Lipinski definition) is 15. The Labute approximate surface area is 409 Å². The number of imide groups is 2. The summed E-state index contributed by atoms with van der Waals surface area (Å²) in [5, 5.41) is 27.2. The molecule has 0 saturated carbocycles. The van der Waals surface area contributed by atoms with Crippen molar-refractivity contribution in [2.45, 2.75) is 68.8 Å². The molecule has 6 amide bonds. The highest BCUT2D eigenvalue weighted by Crippen LogP contribution is 2.36. The largest absolute Gasteiger partial charge is 0.573 e. The molecule has 1 saturated heterocycles. The van der Waals surface area contributed by atoms with Crippen molar-refractivity contribution < 1.29 is 50.3 Å². The van der Waals surface area contributed by atoms with Gasteiger partial charge in [0.05, 0.1) is 22.2 Å². The zero-order chi connectivity index (χ0) is 51.2. The van der Waals surface area contributed by atoms with Crippen molar-refractivity contribution in [3.63, 3.8) is 0 Å². The van der Waals surface area contributed by atoms with Crippen LogP contribution in [-0.2, 0) is 26.2 Å². The number of ether oxygens (including phenoxy) is 1. The topological polar surface area (TPSA) is 278 Å². The summed E-state index contributed by atoms with van der Waals surface area (Å²) in [6, 6.07) is 21.0. The van der Waals surface area contributed by atoms with Gasteiger partial charge in [-0.15, -0.1) is 18.3 Å². The van der Waals surface area contributed by atoms with Crippen LogP contribution in [0.3, 0.4) is 0 Å². The number of alkyl halides is 3. The van der Waals surface area contributed by atoms with E-state index in [0.29, 0.717) is 48.1 Å². The first-order valence-corrected chi connectivity index (χ1v) is 24.0. The Kier molecular flexibility index (Phi) is 14.8. The summed E-state index contributed by atoms with van der Waals surface area (Å²) in [6.45, 7) is 0.927. The second-order valence-electron chi connectivity index (χ2n) is 16.6. The van der Waals surface area contributed by atoms with Crippen LogP contribution >= 0.6 is 0 Å². The lowest BCUT2D eigenvalue weighted by molar-refractivity contribution is -0.274. The number of anilines is 7. The number of urea groups is 1. The quantitative estimate of drug-likeness (QED) is 0.0356. The molecule has 25 heteroatoms. The molecule has 8 rings (SSSR count). The van der Waals surface area contributed by atoms with E-state index in [9.17, 15) is 45.6 Å². The zero-order valence-electron chi connectivity index (χ0n) is 38.3. The normalized spacial score (nSPS) is 14.7. The first-order chi connectivity index (χ1) is 34.4. The molecule has 0 aliphatic carbocycles. The smallest absolute Gasteiger partial charge is 0.405 e. The van der Waals surface area contributed by atoms with Crippen molar-refractivity contribution in [3.05, 3.63) is 115 Å². The summed E-state index contributed by atoms with van der Waals surface area (Å²) in [6.07, 6.45) is 1.97. The average molecular weight is 1010 g/mol. The monoisotopic (exact) mass is 1010 g/mol. The lowest BCUT2D eigenvalue weighted by Crippen LogP contribution is -2.54. The van der Waals surface area contributed by atoms with Crippen molar-refractivity contribution in [3.8, 4) is 17.0 Å². The van der Waals surface area contributed by atoms with Gasteiger partial charge in [0.1, 0.15) is 23.3 Å². The fraction of sp³-hybridized carbons (Fsp3) is 0.255. The molecule has 2 aromatic heterocycles. The lowest BCUT2D eigenvalue weighted by Gasteiger charge is -2.27. The molecule has 2 aliphatic heterocycles. The number of amides is 6. The van der Waals surface area contributed by atoms with Crippen LogP contribution in [0.15, 0.2) is 108 Å². The fourth-order valence-corrected chi connectivity index (χ4v) is 8.60. The number of fused-ring (bicyclic) bond motifs is 1. The van der Waals surface area contributed by atoms with Crippen LogP contribution in [-0.4, -0.2) is 93.9 Å². The molecule has 6 aromatic rings. The Morgan fingerprint density at radius 2 is 1.61 bits per heavy atom. The van der Waals surface area contributed by atoms with Gasteiger partial charge in [0, 0.05) is 66.8 Å². The van der Waals surface area contributed by atoms with E-state index in [-0.39, 0.29) is 51.8 Å². The Bertz CT molecular complexity index is 3150. The second-order valence-corrected chi connectivity index (χ2v) is 18.2. The van der Waals surface area contributed by atoms with Crippen molar-refractivity contribution in [2.24, 2.45) is 5.14 Å².